The predicted octanol–water partition coefficient (Wildman–Crippen LogP) is 4.36. The standard InChI is InChI=1S/C14H18BrClFNO/c1-3-9(4-2)13(16)8-18-14(19)10-5-11(15)7-12(17)6-10/h5-7,9,13H,3-4,8H2,1-2H3,(H,18,19). The minimum Gasteiger partial charge on any atom is -0.351 e. The van der Waals surface area contributed by atoms with E-state index in [1.54, 1.807) is 6.07 Å². The van der Waals surface area contributed by atoms with Gasteiger partial charge in [0.1, 0.15) is 5.82 Å². The molecule has 0 fully saturated rings. The van der Waals surface area contributed by atoms with Gasteiger partial charge in [-0.05, 0) is 24.1 Å². The van der Waals surface area contributed by atoms with Gasteiger partial charge in [-0.3, -0.25) is 4.79 Å². The lowest BCUT2D eigenvalue weighted by atomic mass is 9.99. The molecule has 0 bridgehead atoms. The molecule has 2 nitrogen and oxygen atoms in total. The van der Waals surface area contributed by atoms with Crippen molar-refractivity contribution in [2.45, 2.75) is 32.1 Å². The van der Waals surface area contributed by atoms with E-state index >= 15 is 0 Å². The summed E-state index contributed by atoms with van der Waals surface area (Å²) in [5.41, 5.74) is 0.292. The van der Waals surface area contributed by atoms with Crippen molar-refractivity contribution in [1.29, 1.82) is 0 Å². The number of alkyl halides is 1. The molecule has 1 unspecified atom stereocenters. The number of amides is 1. The largest absolute Gasteiger partial charge is 0.351 e. The van der Waals surface area contributed by atoms with E-state index < -0.39 is 5.82 Å². The van der Waals surface area contributed by atoms with E-state index in [2.05, 4.69) is 35.1 Å². The van der Waals surface area contributed by atoms with Gasteiger partial charge in [-0.2, -0.15) is 0 Å². The van der Waals surface area contributed by atoms with Crippen LogP contribution in [0.4, 0.5) is 4.39 Å². The van der Waals surface area contributed by atoms with Gasteiger partial charge >= 0.3 is 0 Å². The minimum absolute atomic E-state index is 0.101. The van der Waals surface area contributed by atoms with Crippen LogP contribution in [0.15, 0.2) is 22.7 Å². The Balaban J connectivity index is 2.60. The molecule has 5 heteroatoms. The van der Waals surface area contributed by atoms with Crippen molar-refractivity contribution in [2.24, 2.45) is 5.92 Å². The second-order valence-corrected chi connectivity index (χ2v) is 5.94. The van der Waals surface area contributed by atoms with Gasteiger partial charge in [-0.15, -0.1) is 11.6 Å². The molecule has 0 radical (unpaired) electrons. The summed E-state index contributed by atoms with van der Waals surface area (Å²) < 4.78 is 13.7. The topological polar surface area (TPSA) is 29.1 Å². The highest BCUT2D eigenvalue weighted by atomic mass is 79.9. The number of rotatable bonds is 6. The average Bonchev–Trinajstić information content (AvgIpc) is 2.36. The maximum Gasteiger partial charge on any atom is 0.251 e. The first kappa shape index (κ1) is 16.4. The van der Waals surface area contributed by atoms with Gasteiger partial charge < -0.3 is 5.32 Å². The Morgan fingerprint density at radius 3 is 2.53 bits per heavy atom. The number of hydrogen-bond acceptors (Lipinski definition) is 1. The number of nitrogens with one attached hydrogen (secondary N) is 1. The van der Waals surface area contributed by atoms with Crippen molar-refractivity contribution in [2.75, 3.05) is 6.54 Å². The van der Waals surface area contributed by atoms with Crippen LogP contribution in [0, 0.1) is 11.7 Å². The highest BCUT2D eigenvalue weighted by molar-refractivity contribution is 9.10. The Labute approximate surface area is 126 Å². The zero-order valence-electron chi connectivity index (χ0n) is 11.1. The van der Waals surface area contributed by atoms with E-state index in [1.165, 1.54) is 12.1 Å². The quantitative estimate of drug-likeness (QED) is 0.759. The lowest BCUT2D eigenvalue weighted by Gasteiger charge is -2.19. The SMILES string of the molecule is CCC(CC)C(Cl)CNC(=O)c1cc(F)cc(Br)c1. The molecule has 0 heterocycles. The summed E-state index contributed by atoms with van der Waals surface area (Å²) in [4.78, 5) is 11.9. The Kier molecular flexibility index (Phi) is 6.80. The van der Waals surface area contributed by atoms with Crippen molar-refractivity contribution in [3.05, 3.63) is 34.1 Å². The molecule has 0 aromatic heterocycles. The molecule has 1 aromatic carbocycles. The van der Waals surface area contributed by atoms with Crippen LogP contribution in [0.1, 0.15) is 37.0 Å². The Morgan fingerprint density at radius 1 is 1.37 bits per heavy atom. The molecule has 19 heavy (non-hydrogen) atoms. The summed E-state index contributed by atoms with van der Waals surface area (Å²) in [5, 5.41) is 2.64. The first-order chi connectivity index (χ1) is 8.97. The molecule has 1 amide bonds. The first-order valence-electron chi connectivity index (χ1n) is 6.36. The van der Waals surface area contributed by atoms with Crippen LogP contribution in [0.5, 0.6) is 0 Å². The molecule has 1 N–H and O–H groups in total. The number of carbonyl (C=O) groups is 1. The lowest BCUT2D eigenvalue weighted by Crippen LogP contribution is -2.33. The molecule has 1 atom stereocenters. The van der Waals surface area contributed by atoms with E-state index in [4.69, 9.17) is 11.6 Å². The number of benzene rings is 1. The Morgan fingerprint density at radius 2 is 2.00 bits per heavy atom. The summed E-state index contributed by atoms with van der Waals surface area (Å²) >= 11 is 9.40. The monoisotopic (exact) mass is 349 g/mol. The van der Waals surface area contributed by atoms with E-state index in [9.17, 15) is 9.18 Å². The zero-order chi connectivity index (χ0) is 14.4. The Hall–Kier alpha value is -0.610. The van der Waals surface area contributed by atoms with Crippen LogP contribution < -0.4 is 5.32 Å². The molecular weight excluding hydrogens is 333 g/mol. The third kappa shape index (κ3) is 5.11. The normalized spacial score (nSPS) is 12.5. The lowest BCUT2D eigenvalue weighted by molar-refractivity contribution is 0.0951. The van der Waals surface area contributed by atoms with Crippen molar-refractivity contribution in [3.63, 3.8) is 0 Å². The van der Waals surface area contributed by atoms with E-state index in [1.807, 2.05) is 0 Å². The van der Waals surface area contributed by atoms with Crippen LogP contribution in [0.25, 0.3) is 0 Å². The molecule has 0 aliphatic rings. The van der Waals surface area contributed by atoms with Crippen molar-refractivity contribution >= 4 is 33.4 Å². The summed E-state index contributed by atoms with van der Waals surface area (Å²) in [7, 11) is 0. The molecule has 106 valence electrons. The molecule has 1 aromatic rings. The summed E-state index contributed by atoms with van der Waals surface area (Å²) in [6.45, 7) is 4.55. The van der Waals surface area contributed by atoms with Crippen molar-refractivity contribution in [3.8, 4) is 0 Å². The van der Waals surface area contributed by atoms with Gasteiger partial charge in [0.25, 0.3) is 5.91 Å². The van der Waals surface area contributed by atoms with Crippen molar-refractivity contribution < 1.29 is 9.18 Å². The minimum atomic E-state index is -0.443. The van der Waals surface area contributed by atoms with Crippen LogP contribution in [-0.2, 0) is 0 Å². The van der Waals surface area contributed by atoms with E-state index in [-0.39, 0.29) is 11.3 Å². The van der Waals surface area contributed by atoms with Gasteiger partial charge in [-0.1, -0.05) is 42.6 Å². The molecule has 0 spiro atoms. The molecule has 0 aliphatic carbocycles. The third-order valence-corrected chi connectivity index (χ3v) is 4.11. The fraction of sp³-hybridized carbons (Fsp3) is 0.500. The highest BCUT2D eigenvalue weighted by Crippen LogP contribution is 2.18. The Bertz CT molecular complexity index is 417. The molecule has 0 aliphatic heterocycles. The van der Waals surface area contributed by atoms with Gasteiger partial charge in [-0.25, -0.2) is 4.39 Å². The fourth-order valence-electron chi connectivity index (χ4n) is 1.94. The van der Waals surface area contributed by atoms with E-state index in [0.717, 1.165) is 12.8 Å². The second kappa shape index (κ2) is 7.85. The maximum atomic E-state index is 13.2. The zero-order valence-corrected chi connectivity index (χ0v) is 13.4. The molecule has 0 saturated carbocycles. The number of hydrogen-bond donors (Lipinski definition) is 1. The first-order valence-corrected chi connectivity index (χ1v) is 7.59. The summed E-state index contributed by atoms with van der Waals surface area (Å²) in [6.07, 6.45) is 1.96. The van der Waals surface area contributed by atoms with Crippen LogP contribution in [-0.4, -0.2) is 17.8 Å². The van der Waals surface area contributed by atoms with Crippen LogP contribution in [0.2, 0.25) is 0 Å². The average molecular weight is 351 g/mol. The van der Waals surface area contributed by atoms with Crippen molar-refractivity contribution in [1.82, 2.24) is 5.32 Å². The fourth-order valence-corrected chi connectivity index (χ4v) is 2.84. The molecule has 1 rings (SSSR count). The van der Waals surface area contributed by atoms with Crippen LogP contribution >= 0.6 is 27.5 Å². The number of carbonyl (C=O) groups excluding carboxylic acids is 1. The molecule has 0 saturated heterocycles. The summed E-state index contributed by atoms with van der Waals surface area (Å²) in [6, 6.07) is 4.10. The maximum absolute atomic E-state index is 13.2. The van der Waals surface area contributed by atoms with E-state index in [0.29, 0.717) is 22.5 Å². The number of halogens is 3. The highest BCUT2D eigenvalue weighted by Gasteiger charge is 2.17. The van der Waals surface area contributed by atoms with Crippen LogP contribution in [0.3, 0.4) is 0 Å². The van der Waals surface area contributed by atoms with Gasteiger partial charge in [0.15, 0.2) is 0 Å². The smallest absolute Gasteiger partial charge is 0.251 e. The second-order valence-electron chi connectivity index (χ2n) is 4.46. The third-order valence-electron chi connectivity index (χ3n) is 3.14. The van der Waals surface area contributed by atoms with Gasteiger partial charge in [0, 0.05) is 16.6 Å². The van der Waals surface area contributed by atoms with Gasteiger partial charge in [0.2, 0.25) is 0 Å². The predicted molar refractivity (Wildman–Crippen MR) is 80.1 cm³/mol. The molecular formula is C14H18BrClFNO. The van der Waals surface area contributed by atoms with Gasteiger partial charge in [0.05, 0.1) is 5.38 Å². The summed E-state index contributed by atoms with van der Waals surface area (Å²) in [5.74, 6) is -0.375.